The van der Waals surface area contributed by atoms with E-state index < -0.39 is 6.04 Å². The van der Waals surface area contributed by atoms with Gasteiger partial charge in [0, 0.05) is 18.7 Å². The fourth-order valence-electron chi connectivity index (χ4n) is 4.18. The SMILES string of the molecule is COC(=O)C1CCCCN1C(=O)c1ccc2cc(C3=CCNCC3)ccc2c1. The van der Waals surface area contributed by atoms with Gasteiger partial charge >= 0.3 is 5.97 Å². The number of fused-ring (bicyclic) bond motifs is 1. The number of amides is 1. The van der Waals surface area contributed by atoms with Gasteiger partial charge in [0.2, 0.25) is 0 Å². The van der Waals surface area contributed by atoms with Gasteiger partial charge in [0.25, 0.3) is 5.91 Å². The van der Waals surface area contributed by atoms with Crippen molar-refractivity contribution in [2.45, 2.75) is 31.7 Å². The molecule has 1 fully saturated rings. The van der Waals surface area contributed by atoms with Gasteiger partial charge in [0.05, 0.1) is 7.11 Å². The molecule has 2 heterocycles. The summed E-state index contributed by atoms with van der Waals surface area (Å²) in [6.45, 7) is 2.52. The van der Waals surface area contributed by atoms with Crippen LogP contribution in [-0.4, -0.2) is 49.6 Å². The number of esters is 1. The summed E-state index contributed by atoms with van der Waals surface area (Å²) in [4.78, 5) is 26.8. The van der Waals surface area contributed by atoms with Crippen molar-refractivity contribution in [1.82, 2.24) is 10.2 Å². The van der Waals surface area contributed by atoms with E-state index in [1.54, 1.807) is 4.90 Å². The second-order valence-corrected chi connectivity index (χ2v) is 7.49. The molecule has 4 rings (SSSR count). The summed E-state index contributed by atoms with van der Waals surface area (Å²) in [6, 6.07) is 11.7. The first-order valence-electron chi connectivity index (χ1n) is 10.00. The number of benzene rings is 2. The average molecular weight is 378 g/mol. The van der Waals surface area contributed by atoms with E-state index in [4.69, 9.17) is 4.74 Å². The van der Waals surface area contributed by atoms with E-state index in [0.29, 0.717) is 18.5 Å². The third-order valence-corrected chi connectivity index (χ3v) is 5.76. The number of ether oxygens (including phenoxy) is 1. The maximum absolute atomic E-state index is 13.1. The molecule has 2 aromatic carbocycles. The van der Waals surface area contributed by atoms with Gasteiger partial charge < -0.3 is 15.0 Å². The van der Waals surface area contributed by atoms with Crippen LogP contribution in [0.25, 0.3) is 16.3 Å². The van der Waals surface area contributed by atoms with Crippen molar-refractivity contribution in [3.8, 4) is 0 Å². The standard InChI is InChI=1S/C23H26N2O3/c1-28-23(27)21-4-2-3-13-25(21)22(26)20-8-7-18-14-17(5-6-19(18)15-20)16-9-11-24-12-10-16/h5-9,14-15,21,24H,2-4,10-13H2,1H3. The fraction of sp³-hybridized carbons (Fsp3) is 0.391. The maximum atomic E-state index is 13.1. The lowest BCUT2D eigenvalue weighted by molar-refractivity contribution is -0.147. The van der Waals surface area contributed by atoms with Crippen LogP contribution in [0.2, 0.25) is 0 Å². The Hall–Kier alpha value is -2.66. The number of hydrogen-bond donors (Lipinski definition) is 1. The highest BCUT2D eigenvalue weighted by Gasteiger charge is 2.33. The number of carbonyl (C=O) groups is 2. The maximum Gasteiger partial charge on any atom is 0.328 e. The number of carbonyl (C=O) groups excluding carboxylic acids is 2. The van der Waals surface area contributed by atoms with Crippen LogP contribution >= 0.6 is 0 Å². The third-order valence-electron chi connectivity index (χ3n) is 5.76. The zero-order valence-electron chi connectivity index (χ0n) is 16.2. The summed E-state index contributed by atoms with van der Waals surface area (Å²) >= 11 is 0. The van der Waals surface area contributed by atoms with E-state index in [9.17, 15) is 9.59 Å². The van der Waals surface area contributed by atoms with Gasteiger partial charge in [-0.05, 0) is 72.3 Å². The van der Waals surface area contributed by atoms with Gasteiger partial charge in [0.15, 0.2) is 0 Å². The first kappa shape index (κ1) is 18.7. The Morgan fingerprint density at radius 2 is 1.93 bits per heavy atom. The molecule has 1 unspecified atom stereocenters. The minimum atomic E-state index is -0.476. The average Bonchev–Trinajstić information content (AvgIpc) is 2.78. The van der Waals surface area contributed by atoms with Crippen LogP contribution in [0.1, 0.15) is 41.6 Å². The molecule has 146 valence electrons. The molecule has 0 aliphatic carbocycles. The van der Waals surface area contributed by atoms with Crippen LogP contribution < -0.4 is 5.32 Å². The van der Waals surface area contributed by atoms with Gasteiger partial charge in [-0.3, -0.25) is 4.79 Å². The summed E-state index contributed by atoms with van der Waals surface area (Å²) in [5.41, 5.74) is 3.24. The Morgan fingerprint density at radius 1 is 1.11 bits per heavy atom. The molecule has 2 aromatic rings. The molecule has 0 radical (unpaired) electrons. The van der Waals surface area contributed by atoms with Gasteiger partial charge in [-0.1, -0.05) is 24.3 Å². The third kappa shape index (κ3) is 3.67. The molecule has 0 spiro atoms. The van der Waals surface area contributed by atoms with Crippen molar-refractivity contribution in [2.75, 3.05) is 26.7 Å². The molecular formula is C23H26N2O3. The Balaban J connectivity index is 1.61. The Labute approximate surface area is 165 Å². The quantitative estimate of drug-likeness (QED) is 0.832. The first-order chi connectivity index (χ1) is 13.7. The van der Waals surface area contributed by atoms with E-state index in [-0.39, 0.29) is 11.9 Å². The summed E-state index contributed by atoms with van der Waals surface area (Å²) in [7, 11) is 1.38. The van der Waals surface area contributed by atoms with Crippen LogP contribution in [0, 0.1) is 0 Å². The predicted octanol–water partition coefficient (Wildman–Crippen LogP) is 3.38. The van der Waals surface area contributed by atoms with Crippen LogP contribution in [0.4, 0.5) is 0 Å². The van der Waals surface area contributed by atoms with Crippen molar-refractivity contribution >= 4 is 28.2 Å². The van der Waals surface area contributed by atoms with Crippen LogP contribution in [0.15, 0.2) is 42.5 Å². The smallest absolute Gasteiger partial charge is 0.328 e. The molecule has 5 nitrogen and oxygen atoms in total. The zero-order chi connectivity index (χ0) is 19.5. The molecule has 5 heteroatoms. The molecule has 1 saturated heterocycles. The second kappa shape index (κ2) is 8.15. The summed E-state index contributed by atoms with van der Waals surface area (Å²) in [5.74, 6) is -0.420. The van der Waals surface area contributed by atoms with Gasteiger partial charge in [-0.15, -0.1) is 0 Å². The molecule has 1 atom stereocenters. The highest BCUT2D eigenvalue weighted by atomic mass is 16.5. The lowest BCUT2D eigenvalue weighted by Gasteiger charge is -2.33. The number of hydrogen-bond acceptors (Lipinski definition) is 4. The van der Waals surface area contributed by atoms with E-state index in [2.05, 4.69) is 29.6 Å². The van der Waals surface area contributed by atoms with Crippen molar-refractivity contribution in [2.24, 2.45) is 0 Å². The zero-order valence-corrected chi connectivity index (χ0v) is 16.2. The lowest BCUT2D eigenvalue weighted by Crippen LogP contribution is -2.48. The summed E-state index contributed by atoms with van der Waals surface area (Å²) in [6.07, 6.45) is 5.80. The van der Waals surface area contributed by atoms with E-state index in [0.717, 1.165) is 43.1 Å². The fourth-order valence-corrected chi connectivity index (χ4v) is 4.18. The Morgan fingerprint density at radius 3 is 2.71 bits per heavy atom. The minimum Gasteiger partial charge on any atom is -0.467 e. The molecule has 0 aromatic heterocycles. The molecule has 1 N–H and O–H groups in total. The highest BCUT2D eigenvalue weighted by Crippen LogP contribution is 2.26. The number of methoxy groups -OCH3 is 1. The van der Waals surface area contributed by atoms with E-state index in [1.807, 2.05) is 18.2 Å². The molecule has 0 bridgehead atoms. The second-order valence-electron chi connectivity index (χ2n) is 7.49. The highest BCUT2D eigenvalue weighted by molar-refractivity contribution is 6.00. The number of nitrogens with one attached hydrogen (secondary N) is 1. The molecule has 2 aliphatic rings. The number of likely N-dealkylation sites (tertiary alicyclic amines) is 1. The number of nitrogens with zero attached hydrogens (tertiary/aromatic N) is 1. The van der Waals surface area contributed by atoms with Gasteiger partial charge in [0.1, 0.15) is 6.04 Å². The van der Waals surface area contributed by atoms with E-state index >= 15 is 0 Å². The van der Waals surface area contributed by atoms with Crippen LogP contribution in [-0.2, 0) is 9.53 Å². The lowest BCUT2D eigenvalue weighted by atomic mass is 9.96. The van der Waals surface area contributed by atoms with E-state index in [1.165, 1.54) is 18.2 Å². The molecular weight excluding hydrogens is 352 g/mol. The Kier molecular flexibility index (Phi) is 5.44. The number of piperidine rings is 1. The van der Waals surface area contributed by atoms with Crippen molar-refractivity contribution in [3.05, 3.63) is 53.6 Å². The van der Waals surface area contributed by atoms with Crippen molar-refractivity contribution < 1.29 is 14.3 Å². The van der Waals surface area contributed by atoms with Crippen molar-refractivity contribution in [3.63, 3.8) is 0 Å². The monoisotopic (exact) mass is 378 g/mol. The molecule has 0 saturated carbocycles. The summed E-state index contributed by atoms with van der Waals surface area (Å²) < 4.78 is 4.90. The molecule has 2 aliphatic heterocycles. The topological polar surface area (TPSA) is 58.6 Å². The predicted molar refractivity (Wildman–Crippen MR) is 110 cm³/mol. The largest absolute Gasteiger partial charge is 0.467 e. The van der Waals surface area contributed by atoms with Crippen LogP contribution in [0.5, 0.6) is 0 Å². The summed E-state index contributed by atoms with van der Waals surface area (Å²) in [5, 5.41) is 5.50. The van der Waals surface area contributed by atoms with Crippen LogP contribution in [0.3, 0.4) is 0 Å². The normalized spacial score (nSPS) is 20.0. The minimum absolute atomic E-state index is 0.0952. The first-order valence-corrected chi connectivity index (χ1v) is 10.00. The molecule has 1 amide bonds. The molecule has 28 heavy (non-hydrogen) atoms. The van der Waals surface area contributed by atoms with Gasteiger partial charge in [-0.2, -0.15) is 0 Å². The van der Waals surface area contributed by atoms with Crippen molar-refractivity contribution in [1.29, 1.82) is 0 Å². The Bertz CT molecular complexity index is 935. The number of rotatable bonds is 3. The van der Waals surface area contributed by atoms with Gasteiger partial charge in [-0.25, -0.2) is 4.79 Å².